The second-order valence-corrected chi connectivity index (χ2v) is 5.10. The minimum absolute atomic E-state index is 0.0266. The minimum Gasteiger partial charge on any atom is -0.348 e. The summed E-state index contributed by atoms with van der Waals surface area (Å²) in [6, 6.07) is 3.69. The molecule has 7 heteroatoms. The molecule has 0 aromatic carbocycles. The molecule has 7 nitrogen and oxygen atoms in total. The van der Waals surface area contributed by atoms with Gasteiger partial charge in [-0.15, -0.1) is 0 Å². The zero-order valence-electron chi connectivity index (χ0n) is 11.7. The van der Waals surface area contributed by atoms with Crippen LogP contribution in [0.15, 0.2) is 24.5 Å². The van der Waals surface area contributed by atoms with Crippen molar-refractivity contribution in [3.8, 4) is 11.4 Å². The average Bonchev–Trinajstić information content (AvgIpc) is 3.17. The van der Waals surface area contributed by atoms with E-state index in [1.54, 1.807) is 12.4 Å². The zero-order valence-corrected chi connectivity index (χ0v) is 11.7. The fourth-order valence-corrected chi connectivity index (χ4v) is 2.39. The van der Waals surface area contributed by atoms with E-state index in [0.29, 0.717) is 24.7 Å². The topological polar surface area (TPSA) is 86.8 Å². The van der Waals surface area contributed by atoms with Crippen molar-refractivity contribution < 1.29 is 4.79 Å². The molecule has 0 bridgehead atoms. The Morgan fingerprint density at radius 3 is 2.81 bits per heavy atom. The normalized spacial score (nSPS) is 15.2. The van der Waals surface area contributed by atoms with Gasteiger partial charge >= 0.3 is 0 Å². The Hall–Kier alpha value is -2.28. The highest BCUT2D eigenvalue weighted by atomic mass is 16.2. The highest BCUT2D eigenvalue weighted by Gasteiger charge is 2.15. The van der Waals surface area contributed by atoms with Crippen molar-refractivity contribution >= 4 is 5.91 Å². The molecule has 1 fully saturated rings. The molecule has 1 aliphatic heterocycles. The Balaban J connectivity index is 1.51. The number of hydrogen-bond donors (Lipinski definition) is 2. The third kappa shape index (κ3) is 3.63. The van der Waals surface area contributed by atoms with Crippen LogP contribution in [0.4, 0.5) is 0 Å². The lowest BCUT2D eigenvalue weighted by molar-refractivity contribution is -0.122. The van der Waals surface area contributed by atoms with Crippen molar-refractivity contribution in [3.05, 3.63) is 30.4 Å². The predicted octanol–water partition coefficient (Wildman–Crippen LogP) is 0.579. The molecule has 1 aliphatic rings. The maximum atomic E-state index is 11.8. The van der Waals surface area contributed by atoms with Crippen LogP contribution in [0.2, 0.25) is 0 Å². The second kappa shape index (κ2) is 6.45. The molecule has 0 spiro atoms. The zero-order chi connectivity index (χ0) is 14.5. The van der Waals surface area contributed by atoms with Gasteiger partial charge in [-0.05, 0) is 38.1 Å². The first-order valence-corrected chi connectivity index (χ1v) is 7.12. The predicted molar refractivity (Wildman–Crippen MR) is 77.1 cm³/mol. The summed E-state index contributed by atoms with van der Waals surface area (Å²) in [5.41, 5.74) is 0.899. The molecule has 0 unspecified atom stereocenters. The third-order valence-electron chi connectivity index (χ3n) is 3.49. The molecule has 21 heavy (non-hydrogen) atoms. The van der Waals surface area contributed by atoms with Crippen LogP contribution in [0, 0.1) is 0 Å². The van der Waals surface area contributed by atoms with Crippen molar-refractivity contribution in [2.24, 2.45) is 0 Å². The molecule has 2 aromatic heterocycles. The molecule has 2 N–H and O–H groups in total. The monoisotopic (exact) mass is 286 g/mol. The van der Waals surface area contributed by atoms with Crippen LogP contribution in [0.5, 0.6) is 0 Å². The van der Waals surface area contributed by atoms with Crippen molar-refractivity contribution in [3.63, 3.8) is 0 Å². The van der Waals surface area contributed by atoms with E-state index in [-0.39, 0.29) is 5.91 Å². The maximum absolute atomic E-state index is 11.8. The summed E-state index contributed by atoms with van der Waals surface area (Å²) in [6.45, 7) is 2.86. The van der Waals surface area contributed by atoms with Gasteiger partial charge in [0, 0.05) is 18.0 Å². The highest BCUT2D eigenvalue weighted by molar-refractivity contribution is 5.77. The van der Waals surface area contributed by atoms with E-state index in [2.05, 4.69) is 30.4 Å². The number of aromatic amines is 1. The summed E-state index contributed by atoms with van der Waals surface area (Å²) < 4.78 is 0. The maximum Gasteiger partial charge on any atom is 0.234 e. The quantitative estimate of drug-likeness (QED) is 0.839. The summed E-state index contributed by atoms with van der Waals surface area (Å²) >= 11 is 0. The number of carbonyl (C=O) groups is 1. The number of H-pyrrole nitrogens is 1. The molecule has 1 saturated heterocycles. The van der Waals surface area contributed by atoms with E-state index in [4.69, 9.17) is 0 Å². The van der Waals surface area contributed by atoms with Crippen molar-refractivity contribution in [2.75, 3.05) is 19.6 Å². The first-order valence-electron chi connectivity index (χ1n) is 7.12. The van der Waals surface area contributed by atoms with Gasteiger partial charge in [-0.1, -0.05) is 0 Å². The average molecular weight is 286 g/mol. The summed E-state index contributed by atoms with van der Waals surface area (Å²) in [7, 11) is 0. The standard InChI is InChI=1S/C14H18N6O/c21-13(10-20-7-1-2-8-20)16-9-12-17-14(19-18-12)11-3-5-15-6-4-11/h3-6H,1-2,7-10H2,(H,16,21)(H,17,18,19). The van der Waals surface area contributed by atoms with Gasteiger partial charge < -0.3 is 5.32 Å². The smallest absolute Gasteiger partial charge is 0.234 e. The van der Waals surface area contributed by atoms with Gasteiger partial charge in [0.1, 0.15) is 5.82 Å². The lowest BCUT2D eigenvalue weighted by atomic mass is 10.2. The lowest BCUT2D eigenvalue weighted by Crippen LogP contribution is -2.35. The number of likely N-dealkylation sites (tertiary alicyclic amines) is 1. The number of hydrogen-bond acceptors (Lipinski definition) is 5. The van der Waals surface area contributed by atoms with Crippen LogP contribution in [-0.2, 0) is 11.3 Å². The molecular weight excluding hydrogens is 268 g/mol. The molecular formula is C14H18N6O. The number of nitrogens with zero attached hydrogens (tertiary/aromatic N) is 4. The molecule has 1 amide bonds. The van der Waals surface area contributed by atoms with Crippen molar-refractivity contribution in [1.82, 2.24) is 30.4 Å². The number of pyridine rings is 1. The van der Waals surface area contributed by atoms with Crippen LogP contribution >= 0.6 is 0 Å². The fourth-order valence-electron chi connectivity index (χ4n) is 2.39. The van der Waals surface area contributed by atoms with Gasteiger partial charge in [0.2, 0.25) is 5.91 Å². The van der Waals surface area contributed by atoms with Crippen LogP contribution in [0.3, 0.4) is 0 Å². The van der Waals surface area contributed by atoms with E-state index in [9.17, 15) is 4.79 Å². The van der Waals surface area contributed by atoms with Gasteiger partial charge in [0.25, 0.3) is 0 Å². The number of amides is 1. The number of carbonyl (C=O) groups excluding carboxylic acids is 1. The second-order valence-electron chi connectivity index (χ2n) is 5.10. The van der Waals surface area contributed by atoms with Gasteiger partial charge in [-0.25, -0.2) is 4.98 Å². The lowest BCUT2D eigenvalue weighted by Gasteiger charge is -2.13. The molecule has 110 valence electrons. The Bertz CT molecular complexity index is 591. The van der Waals surface area contributed by atoms with Crippen LogP contribution in [-0.4, -0.2) is 50.6 Å². The van der Waals surface area contributed by atoms with Crippen LogP contribution < -0.4 is 5.32 Å². The Kier molecular flexibility index (Phi) is 4.20. The van der Waals surface area contributed by atoms with Gasteiger partial charge in [0.15, 0.2) is 5.82 Å². The molecule has 0 aliphatic carbocycles. The molecule has 2 aromatic rings. The Morgan fingerprint density at radius 2 is 2.05 bits per heavy atom. The SMILES string of the molecule is O=C(CN1CCCC1)NCc1nc(-c2ccncc2)n[nH]1. The summed E-state index contributed by atoms with van der Waals surface area (Å²) in [4.78, 5) is 22.3. The molecule has 3 rings (SSSR count). The van der Waals surface area contributed by atoms with Gasteiger partial charge in [0.05, 0.1) is 13.1 Å². The minimum atomic E-state index is 0.0266. The number of nitrogens with one attached hydrogen (secondary N) is 2. The molecule has 0 atom stereocenters. The highest BCUT2D eigenvalue weighted by Crippen LogP contribution is 2.12. The molecule has 0 radical (unpaired) electrons. The first kappa shape index (κ1) is 13.7. The van der Waals surface area contributed by atoms with Crippen LogP contribution in [0.25, 0.3) is 11.4 Å². The molecule has 0 saturated carbocycles. The van der Waals surface area contributed by atoms with E-state index >= 15 is 0 Å². The third-order valence-corrected chi connectivity index (χ3v) is 3.49. The first-order chi connectivity index (χ1) is 10.3. The van der Waals surface area contributed by atoms with E-state index in [1.807, 2.05) is 12.1 Å². The summed E-state index contributed by atoms with van der Waals surface area (Å²) in [5.74, 6) is 1.29. The summed E-state index contributed by atoms with van der Waals surface area (Å²) in [6.07, 6.45) is 5.77. The van der Waals surface area contributed by atoms with Crippen molar-refractivity contribution in [1.29, 1.82) is 0 Å². The molecule has 3 heterocycles. The van der Waals surface area contributed by atoms with E-state index in [0.717, 1.165) is 18.7 Å². The van der Waals surface area contributed by atoms with Gasteiger partial charge in [-0.3, -0.25) is 19.8 Å². The van der Waals surface area contributed by atoms with E-state index in [1.165, 1.54) is 12.8 Å². The summed E-state index contributed by atoms with van der Waals surface area (Å²) in [5, 5.41) is 9.85. The Labute approximate surface area is 122 Å². The number of rotatable bonds is 5. The number of aromatic nitrogens is 4. The van der Waals surface area contributed by atoms with Crippen molar-refractivity contribution in [2.45, 2.75) is 19.4 Å². The fraction of sp³-hybridized carbons (Fsp3) is 0.429. The van der Waals surface area contributed by atoms with Crippen LogP contribution in [0.1, 0.15) is 18.7 Å². The van der Waals surface area contributed by atoms with Gasteiger partial charge in [-0.2, -0.15) is 5.10 Å². The van der Waals surface area contributed by atoms with E-state index < -0.39 is 0 Å². The Morgan fingerprint density at radius 1 is 1.29 bits per heavy atom. The largest absolute Gasteiger partial charge is 0.348 e.